The lowest BCUT2D eigenvalue weighted by molar-refractivity contribution is -0.125. The summed E-state index contributed by atoms with van der Waals surface area (Å²) in [6.07, 6.45) is 7.16. The molecule has 3 rings (SSSR count). The highest BCUT2D eigenvalue weighted by atomic mass is 32.1. The fourth-order valence-corrected chi connectivity index (χ4v) is 3.77. The van der Waals surface area contributed by atoms with Crippen LogP contribution in [0, 0.1) is 5.92 Å². The summed E-state index contributed by atoms with van der Waals surface area (Å²) in [6, 6.07) is 0.370. The van der Waals surface area contributed by atoms with E-state index < -0.39 is 0 Å². The molecule has 2 fully saturated rings. The number of aromatic nitrogens is 1. The van der Waals surface area contributed by atoms with Crippen molar-refractivity contribution < 1.29 is 9.59 Å². The number of hydrogen-bond donors (Lipinski definition) is 2. The van der Waals surface area contributed by atoms with Crippen LogP contribution in [0.1, 0.15) is 32.1 Å². The van der Waals surface area contributed by atoms with Crippen LogP contribution in [0.25, 0.3) is 0 Å². The second kappa shape index (κ2) is 7.19. The van der Waals surface area contributed by atoms with Crippen LogP contribution in [-0.2, 0) is 9.59 Å². The largest absolute Gasteiger partial charge is 0.353 e. The van der Waals surface area contributed by atoms with Gasteiger partial charge in [0.25, 0.3) is 0 Å². The molecular formula is C15H22N4O2S. The van der Waals surface area contributed by atoms with Crippen LogP contribution in [0.4, 0.5) is 5.13 Å². The van der Waals surface area contributed by atoms with Crippen molar-refractivity contribution in [2.75, 3.05) is 25.0 Å². The maximum atomic E-state index is 12.2. The molecular weight excluding hydrogens is 300 g/mol. The molecule has 7 heteroatoms. The fraction of sp³-hybridized carbons (Fsp3) is 0.667. The van der Waals surface area contributed by atoms with Crippen molar-refractivity contribution in [3.8, 4) is 0 Å². The van der Waals surface area contributed by atoms with E-state index in [1.807, 2.05) is 10.3 Å². The Labute approximate surface area is 134 Å². The molecule has 0 aromatic carbocycles. The van der Waals surface area contributed by atoms with E-state index in [0.29, 0.717) is 24.3 Å². The van der Waals surface area contributed by atoms with E-state index in [9.17, 15) is 9.59 Å². The second-order valence-electron chi connectivity index (χ2n) is 6.10. The molecule has 22 heavy (non-hydrogen) atoms. The van der Waals surface area contributed by atoms with Gasteiger partial charge in [0, 0.05) is 24.2 Å². The monoisotopic (exact) mass is 322 g/mol. The molecule has 1 atom stereocenters. The van der Waals surface area contributed by atoms with Crippen molar-refractivity contribution >= 4 is 28.3 Å². The van der Waals surface area contributed by atoms with Crippen LogP contribution < -0.4 is 10.6 Å². The Bertz CT molecular complexity index is 514. The Morgan fingerprint density at radius 2 is 2.14 bits per heavy atom. The van der Waals surface area contributed by atoms with Crippen molar-refractivity contribution in [3.05, 3.63) is 11.6 Å². The van der Waals surface area contributed by atoms with Gasteiger partial charge in [-0.05, 0) is 25.8 Å². The van der Waals surface area contributed by atoms with Gasteiger partial charge in [0.2, 0.25) is 11.8 Å². The highest BCUT2D eigenvalue weighted by Gasteiger charge is 2.30. The van der Waals surface area contributed by atoms with Crippen molar-refractivity contribution in [1.82, 2.24) is 15.2 Å². The van der Waals surface area contributed by atoms with Crippen LogP contribution in [0.15, 0.2) is 11.6 Å². The molecule has 0 unspecified atom stereocenters. The smallest absolute Gasteiger partial charge is 0.240 e. The van der Waals surface area contributed by atoms with E-state index in [4.69, 9.17) is 0 Å². The molecule has 1 aromatic rings. The molecule has 120 valence electrons. The fourth-order valence-electron chi connectivity index (χ4n) is 3.23. The van der Waals surface area contributed by atoms with Crippen molar-refractivity contribution in [2.45, 2.75) is 38.1 Å². The first-order valence-corrected chi connectivity index (χ1v) is 8.81. The zero-order chi connectivity index (χ0) is 15.4. The molecule has 1 aromatic heterocycles. The second-order valence-corrected chi connectivity index (χ2v) is 6.99. The number of likely N-dealkylation sites (tertiary alicyclic amines) is 1. The van der Waals surface area contributed by atoms with Crippen LogP contribution in [-0.4, -0.2) is 47.4 Å². The van der Waals surface area contributed by atoms with Gasteiger partial charge < -0.3 is 10.6 Å². The Morgan fingerprint density at radius 3 is 2.86 bits per heavy atom. The molecule has 1 aliphatic heterocycles. The number of anilines is 1. The third-order valence-corrected chi connectivity index (χ3v) is 5.08. The zero-order valence-corrected chi connectivity index (χ0v) is 13.4. The maximum Gasteiger partial charge on any atom is 0.240 e. The van der Waals surface area contributed by atoms with E-state index in [1.165, 1.54) is 24.2 Å². The summed E-state index contributed by atoms with van der Waals surface area (Å²) in [5, 5.41) is 8.39. The molecule has 0 bridgehead atoms. The number of carbonyl (C=O) groups excluding carboxylic acids is 2. The SMILES string of the molecule is O=C(CN1CC[C@H](C(=O)NC2CCCC2)C1)Nc1nccs1. The van der Waals surface area contributed by atoms with Crippen molar-refractivity contribution in [3.63, 3.8) is 0 Å². The van der Waals surface area contributed by atoms with Crippen molar-refractivity contribution in [2.24, 2.45) is 5.92 Å². The Balaban J connectivity index is 1.41. The molecule has 1 aliphatic carbocycles. The summed E-state index contributed by atoms with van der Waals surface area (Å²) in [5.74, 6) is 0.120. The van der Waals surface area contributed by atoms with E-state index in [-0.39, 0.29) is 17.7 Å². The van der Waals surface area contributed by atoms with Gasteiger partial charge in [0.05, 0.1) is 12.5 Å². The van der Waals surface area contributed by atoms with Crippen LogP contribution in [0.2, 0.25) is 0 Å². The van der Waals surface area contributed by atoms with Crippen LogP contribution >= 0.6 is 11.3 Å². The highest BCUT2D eigenvalue weighted by Crippen LogP contribution is 2.21. The quantitative estimate of drug-likeness (QED) is 0.861. The number of rotatable bonds is 5. The molecule has 2 heterocycles. The lowest BCUT2D eigenvalue weighted by Gasteiger charge is -2.17. The Morgan fingerprint density at radius 1 is 1.32 bits per heavy atom. The van der Waals surface area contributed by atoms with Crippen molar-refractivity contribution in [1.29, 1.82) is 0 Å². The van der Waals surface area contributed by atoms with E-state index in [1.54, 1.807) is 6.20 Å². The first-order chi connectivity index (χ1) is 10.7. The third-order valence-electron chi connectivity index (χ3n) is 4.39. The Kier molecular flexibility index (Phi) is 5.04. The normalized spacial score (nSPS) is 22.8. The number of carbonyl (C=O) groups is 2. The number of hydrogen-bond acceptors (Lipinski definition) is 5. The molecule has 6 nitrogen and oxygen atoms in total. The number of amides is 2. The molecule has 2 aliphatic rings. The van der Waals surface area contributed by atoms with Crippen LogP contribution in [0.3, 0.4) is 0 Å². The van der Waals surface area contributed by atoms with E-state index in [2.05, 4.69) is 15.6 Å². The first-order valence-electron chi connectivity index (χ1n) is 7.93. The average molecular weight is 322 g/mol. The molecule has 2 amide bonds. The van der Waals surface area contributed by atoms with E-state index in [0.717, 1.165) is 25.8 Å². The van der Waals surface area contributed by atoms with Gasteiger partial charge in [-0.15, -0.1) is 11.3 Å². The number of thiazole rings is 1. The van der Waals surface area contributed by atoms with Gasteiger partial charge in [-0.1, -0.05) is 12.8 Å². The topological polar surface area (TPSA) is 74.3 Å². The lowest BCUT2D eigenvalue weighted by Crippen LogP contribution is -2.39. The molecule has 0 radical (unpaired) electrons. The molecule has 1 saturated heterocycles. The summed E-state index contributed by atoms with van der Waals surface area (Å²) in [6.45, 7) is 1.80. The third kappa shape index (κ3) is 4.04. The Hall–Kier alpha value is -1.47. The van der Waals surface area contributed by atoms with E-state index >= 15 is 0 Å². The van der Waals surface area contributed by atoms with Crippen LogP contribution in [0.5, 0.6) is 0 Å². The summed E-state index contributed by atoms with van der Waals surface area (Å²) in [4.78, 5) is 30.3. The van der Waals surface area contributed by atoms with Gasteiger partial charge in [-0.25, -0.2) is 4.98 Å². The first kappa shape index (κ1) is 15.4. The highest BCUT2D eigenvalue weighted by molar-refractivity contribution is 7.13. The maximum absolute atomic E-state index is 12.2. The van der Waals surface area contributed by atoms with Gasteiger partial charge in [-0.3, -0.25) is 14.5 Å². The molecule has 0 spiro atoms. The number of nitrogens with one attached hydrogen (secondary N) is 2. The minimum absolute atomic E-state index is 0.0215. The zero-order valence-electron chi connectivity index (χ0n) is 12.6. The van der Waals surface area contributed by atoms with Gasteiger partial charge in [0.15, 0.2) is 5.13 Å². The predicted octanol–water partition coefficient (Wildman–Crippen LogP) is 1.46. The lowest BCUT2D eigenvalue weighted by atomic mass is 10.1. The molecule has 1 saturated carbocycles. The van der Waals surface area contributed by atoms with Gasteiger partial charge in [0.1, 0.15) is 0 Å². The minimum atomic E-state index is -0.0631. The minimum Gasteiger partial charge on any atom is -0.353 e. The summed E-state index contributed by atoms with van der Waals surface area (Å²) in [7, 11) is 0. The average Bonchev–Trinajstić information content (AvgIpc) is 3.19. The predicted molar refractivity (Wildman–Crippen MR) is 85.7 cm³/mol. The van der Waals surface area contributed by atoms with Gasteiger partial charge in [-0.2, -0.15) is 0 Å². The standard InChI is InChI=1S/C15H22N4O2S/c20-13(18-15-16-6-8-22-15)10-19-7-5-11(9-19)14(21)17-12-3-1-2-4-12/h6,8,11-12H,1-5,7,9-10H2,(H,17,21)(H,16,18,20)/t11-/m0/s1. The summed E-state index contributed by atoms with van der Waals surface area (Å²) >= 11 is 1.41. The summed E-state index contributed by atoms with van der Waals surface area (Å²) in [5.41, 5.74) is 0. The summed E-state index contributed by atoms with van der Waals surface area (Å²) < 4.78 is 0. The molecule has 2 N–H and O–H groups in total. The van der Waals surface area contributed by atoms with Gasteiger partial charge >= 0.3 is 0 Å². The number of nitrogens with zero attached hydrogens (tertiary/aromatic N) is 2.